The second-order valence-corrected chi connectivity index (χ2v) is 12.0. The van der Waals surface area contributed by atoms with E-state index in [1.54, 1.807) is 21.3 Å². The van der Waals surface area contributed by atoms with Crippen LogP contribution in [0.25, 0.3) is 27.1 Å². The zero-order valence-corrected chi connectivity index (χ0v) is 19.6. The van der Waals surface area contributed by atoms with E-state index >= 15 is 0 Å². The molecule has 131 valence electrons. The Morgan fingerprint density at radius 3 is 2.42 bits per heavy atom. The van der Waals surface area contributed by atoms with Crippen molar-refractivity contribution in [2.24, 2.45) is 0 Å². The van der Waals surface area contributed by atoms with E-state index in [-0.39, 0.29) is 46.5 Å². The van der Waals surface area contributed by atoms with Gasteiger partial charge >= 0.3 is 21.7 Å². The summed E-state index contributed by atoms with van der Waals surface area (Å²) in [6, 6.07) is 9.40. The first-order valence-corrected chi connectivity index (χ1v) is 11.5. The van der Waals surface area contributed by atoms with Gasteiger partial charge in [0.15, 0.2) is 0 Å². The SMILES string of the molecule is Cc1ccc2c(c1)[cH-]c1c(C3=CC=CC3)c(C)c3c(c12)[Si]3(C)C.[Cl-].[Cl-].[Ti+3]. The standard InChI is InChI=1S/C22H21Si.2ClH.Ti/c1-13-9-10-17-16(11-13)12-18-19(15-7-5-6-8-15)14(2)21-22(20(17)18)23(21,3)4;;;/h5-7,9-12H,8H2,1-4H3;2*1H;/q-1;;;+3/p-2. The van der Waals surface area contributed by atoms with Gasteiger partial charge < -0.3 is 24.8 Å². The third kappa shape index (κ3) is 2.72. The second kappa shape index (κ2) is 7.04. The number of benzene rings is 2. The molecule has 2 aliphatic rings. The van der Waals surface area contributed by atoms with Crippen LogP contribution < -0.4 is 35.2 Å². The summed E-state index contributed by atoms with van der Waals surface area (Å²) in [5.41, 5.74) is 5.94. The summed E-state index contributed by atoms with van der Waals surface area (Å²) in [7, 11) is -1.33. The van der Waals surface area contributed by atoms with Crippen molar-refractivity contribution in [3.05, 3.63) is 59.2 Å². The Labute approximate surface area is 183 Å². The van der Waals surface area contributed by atoms with Crippen molar-refractivity contribution in [3.63, 3.8) is 0 Å². The van der Waals surface area contributed by atoms with Crippen LogP contribution in [-0.4, -0.2) is 8.07 Å². The summed E-state index contributed by atoms with van der Waals surface area (Å²) in [4.78, 5) is 0. The van der Waals surface area contributed by atoms with E-state index in [9.17, 15) is 0 Å². The van der Waals surface area contributed by atoms with Crippen molar-refractivity contribution in [3.8, 4) is 0 Å². The molecule has 0 unspecified atom stereocenters. The monoisotopic (exact) mass is 431 g/mol. The Bertz CT molecular complexity index is 1090. The Hall–Kier alpha value is -0.699. The summed E-state index contributed by atoms with van der Waals surface area (Å²) in [6.07, 6.45) is 7.88. The molecule has 0 saturated heterocycles. The maximum Gasteiger partial charge on any atom is 3.00 e. The molecule has 1 radical (unpaired) electrons. The largest absolute Gasteiger partial charge is 3.00 e. The molecule has 0 saturated carbocycles. The average molecular weight is 432 g/mol. The van der Waals surface area contributed by atoms with Gasteiger partial charge in [-0.15, -0.1) is 33.7 Å². The van der Waals surface area contributed by atoms with Crippen molar-refractivity contribution in [2.45, 2.75) is 33.4 Å². The van der Waals surface area contributed by atoms with E-state index in [1.165, 1.54) is 32.9 Å². The molecule has 1 aliphatic heterocycles. The zero-order valence-electron chi connectivity index (χ0n) is 15.5. The molecule has 5 rings (SSSR count). The minimum absolute atomic E-state index is 0. The van der Waals surface area contributed by atoms with Crippen LogP contribution in [0.5, 0.6) is 0 Å². The van der Waals surface area contributed by atoms with Gasteiger partial charge in [0.05, 0.1) is 0 Å². The Balaban J connectivity index is 0.000000810. The minimum atomic E-state index is -1.33. The van der Waals surface area contributed by atoms with E-state index < -0.39 is 8.07 Å². The molecular formula is C22H21Cl2SiTi. The molecule has 0 nitrogen and oxygen atoms in total. The first-order valence-electron chi connectivity index (χ1n) is 8.53. The maximum atomic E-state index is 2.52. The predicted molar refractivity (Wildman–Crippen MR) is 105 cm³/mol. The van der Waals surface area contributed by atoms with Gasteiger partial charge in [0.1, 0.15) is 8.07 Å². The summed E-state index contributed by atoms with van der Waals surface area (Å²) >= 11 is 0. The molecule has 0 amide bonds. The number of rotatable bonds is 1. The van der Waals surface area contributed by atoms with Gasteiger partial charge in [0.25, 0.3) is 0 Å². The predicted octanol–water partition coefficient (Wildman–Crippen LogP) is -1.19. The maximum absolute atomic E-state index is 2.52. The van der Waals surface area contributed by atoms with E-state index in [2.05, 4.69) is 69.4 Å². The molecule has 1 heterocycles. The van der Waals surface area contributed by atoms with Gasteiger partial charge in [-0.1, -0.05) is 76.1 Å². The van der Waals surface area contributed by atoms with Gasteiger partial charge in [-0.05, 0) is 20.3 Å². The second-order valence-electron chi connectivity index (χ2n) is 7.72. The van der Waals surface area contributed by atoms with Crippen LogP contribution >= 0.6 is 0 Å². The van der Waals surface area contributed by atoms with Crippen LogP contribution in [0.1, 0.15) is 23.1 Å². The number of halogens is 2. The van der Waals surface area contributed by atoms with Gasteiger partial charge in [0.2, 0.25) is 0 Å². The molecule has 0 N–H and O–H groups in total. The molecule has 0 atom stereocenters. The molecular weight excluding hydrogens is 411 g/mol. The normalized spacial score (nSPS) is 15.8. The fourth-order valence-electron chi connectivity index (χ4n) is 4.80. The van der Waals surface area contributed by atoms with Gasteiger partial charge in [0, 0.05) is 0 Å². The number of hydrogen-bond donors (Lipinski definition) is 0. The first-order chi connectivity index (χ1) is 11.0. The van der Waals surface area contributed by atoms with Gasteiger partial charge in [-0.25, -0.2) is 0 Å². The average Bonchev–Trinajstić information content (AvgIpc) is 2.91. The fraction of sp³-hybridized carbons (Fsp3) is 0.227. The van der Waals surface area contributed by atoms with Crippen molar-refractivity contribution in [1.82, 2.24) is 0 Å². The van der Waals surface area contributed by atoms with Crippen molar-refractivity contribution in [1.29, 1.82) is 0 Å². The molecule has 0 bridgehead atoms. The summed E-state index contributed by atoms with van der Waals surface area (Å²) in [6.45, 7) is 9.58. The molecule has 26 heavy (non-hydrogen) atoms. The number of allylic oxidation sites excluding steroid dienone is 4. The third-order valence-electron chi connectivity index (χ3n) is 5.84. The molecule has 0 aromatic heterocycles. The van der Waals surface area contributed by atoms with Crippen molar-refractivity contribution < 1.29 is 46.5 Å². The van der Waals surface area contributed by atoms with Crippen LogP contribution in [0.4, 0.5) is 0 Å². The van der Waals surface area contributed by atoms with E-state index in [0.717, 1.165) is 6.42 Å². The Morgan fingerprint density at radius 1 is 1.04 bits per heavy atom. The number of fused-ring (bicyclic) bond motifs is 5. The Morgan fingerprint density at radius 2 is 1.77 bits per heavy atom. The van der Waals surface area contributed by atoms with Crippen molar-refractivity contribution >= 4 is 45.6 Å². The minimum Gasteiger partial charge on any atom is -1.00 e. The van der Waals surface area contributed by atoms with Crippen molar-refractivity contribution in [2.75, 3.05) is 0 Å². The zero-order chi connectivity index (χ0) is 15.9. The van der Waals surface area contributed by atoms with Crippen LogP contribution in [0, 0.1) is 13.8 Å². The molecule has 3 aromatic rings. The van der Waals surface area contributed by atoms with Crippen LogP contribution in [-0.2, 0) is 21.7 Å². The topological polar surface area (TPSA) is 0 Å². The van der Waals surface area contributed by atoms with Crippen LogP contribution in [0.3, 0.4) is 0 Å². The number of aryl methyl sites for hydroxylation is 1. The summed E-state index contributed by atoms with van der Waals surface area (Å²) in [5, 5.41) is 9.39. The quantitative estimate of drug-likeness (QED) is 0.336. The molecule has 3 aromatic carbocycles. The van der Waals surface area contributed by atoms with Crippen LogP contribution in [0.15, 0.2) is 42.5 Å². The summed E-state index contributed by atoms with van der Waals surface area (Å²) in [5.74, 6) is 0. The molecule has 0 spiro atoms. The molecule has 1 aliphatic carbocycles. The summed E-state index contributed by atoms with van der Waals surface area (Å²) < 4.78 is 0. The smallest absolute Gasteiger partial charge is 1.00 e. The third-order valence-corrected chi connectivity index (χ3v) is 9.22. The van der Waals surface area contributed by atoms with Crippen LogP contribution in [0.2, 0.25) is 13.1 Å². The van der Waals surface area contributed by atoms with E-state index in [0.29, 0.717) is 0 Å². The fourth-order valence-corrected chi connectivity index (χ4v) is 8.76. The number of hydrogen-bond acceptors (Lipinski definition) is 0. The van der Waals surface area contributed by atoms with Gasteiger partial charge in [-0.2, -0.15) is 0 Å². The molecule has 4 heteroatoms. The first kappa shape index (κ1) is 21.6. The Kier molecular flexibility index (Phi) is 5.85. The van der Waals surface area contributed by atoms with E-state index in [4.69, 9.17) is 0 Å². The van der Waals surface area contributed by atoms with Gasteiger partial charge in [-0.3, -0.25) is 0 Å². The van der Waals surface area contributed by atoms with E-state index in [1.807, 2.05) is 0 Å². The molecule has 0 fully saturated rings.